The van der Waals surface area contributed by atoms with Crippen molar-refractivity contribution in [2.24, 2.45) is 5.41 Å². The number of piperidine rings is 1. The van der Waals surface area contributed by atoms with Crippen molar-refractivity contribution >= 4 is 0 Å². The Morgan fingerprint density at radius 3 is 2.73 bits per heavy atom. The van der Waals surface area contributed by atoms with Gasteiger partial charge in [0.15, 0.2) is 0 Å². The van der Waals surface area contributed by atoms with E-state index in [9.17, 15) is 4.79 Å². The molecule has 5 nitrogen and oxygen atoms in total. The van der Waals surface area contributed by atoms with Crippen LogP contribution in [0, 0.1) is 5.41 Å². The van der Waals surface area contributed by atoms with Gasteiger partial charge in [-0.2, -0.15) is 0 Å². The summed E-state index contributed by atoms with van der Waals surface area (Å²) in [4.78, 5) is 24.5. The molecule has 0 amide bonds. The van der Waals surface area contributed by atoms with Crippen LogP contribution >= 0.6 is 0 Å². The summed E-state index contributed by atoms with van der Waals surface area (Å²) in [6.45, 7) is 8.18. The van der Waals surface area contributed by atoms with Crippen LogP contribution in [0.4, 0.5) is 0 Å². The number of hydrogen-bond donors (Lipinski definition) is 1. The molecule has 1 atom stereocenters. The molecule has 33 heavy (non-hydrogen) atoms. The molecule has 4 aliphatic rings. The lowest BCUT2D eigenvalue weighted by Crippen LogP contribution is -2.50. The number of fused-ring (bicyclic) bond motifs is 4. The molecule has 2 spiro atoms. The van der Waals surface area contributed by atoms with E-state index in [0.29, 0.717) is 5.41 Å². The second-order valence-corrected chi connectivity index (χ2v) is 11.9. The summed E-state index contributed by atoms with van der Waals surface area (Å²) in [6, 6.07) is 8.61. The third kappa shape index (κ3) is 3.77. The number of ether oxygens (including phenoxy) is 1. The number of nitrogens with zero attached hydrogens (tertiary/aromatic N) is 2. The molecule has 2 aliphatic carbocycles. The number of H-pyrrole nitrogens is 1. The van der Waals surface area contributed by atoms with Gasteiger partial charge in [0.05, 0.1) is 23.4 Å². The Balaban J connectivity index is 1.33. The molecule has 0 bridgehead atoms. The summed E-state index contributed by atoms with van der Waals surface area (Å²) < 4.78 is 6.03. The van der Waals surface area contributed by atoms with Gasteiger partial charge in [0.2, 0.25) is 0 Å². The fourth-order valence-corrected chi connectivity index (χ4v) is 7.71. The first-order valence-corrected chi connectivity index (χ1v) is 13.0. The topological polar surface area (TPSA) is 58.2 Å². The summed E-state index contributed by atoms with van der Waals surface area (Å²) in [7, 11) is 0. The van der Waals surface area contributed by atoms with E-state index in [1.165, 1.54) is 36.8 Å². The minimum Gasteiger partial charge on any atom is -0.376 e. The predicted octanol–water partition coefficient (Wildman–Crippen LogP) is 4.98. The van der Waals surface area contributed by atoms with Crippen LogP contribution in [0.2, 0.25) is 0 Å². The predicted molar refractivity (Wildman–Crippen MR) is 130 cm³/mol. The molecule has 0 radical (unpaired) electrons. The van der Waals surface area contributed by atoms with Crippen molar-refractivity contribution in [3.63, 3.8) is 0 Å². The summed E-state index contributed by atoms with van der Waals surface area (Å²) in [6.07, 6.45) is 10.3. The van der Waals surface area contributed by atoms with Gasteiger partial charge in [-0.05, 0) is 76.3 Å². The van der Waals surface area contributed by atoms with Crippen molar-refractivity contribution in [1.29, 1.82) is 0 Å². The molecule has 2 aromatic rings. The summed E-state index contributed by atoms with van der Waals surface area (Å²) in [5.74, 6) is 0.826. The maximum absolute atomic E-state index is 13.5. The molecule has 2 aliphatic heterocycles. The van der Waals surface area contributed by atoms with Crippen LogP contribution in [0.5, 0.6) is 0 Å². The monoisotopic (exact) mass is 447 g/mol. The molecule has 2 saturated heterocycles. The van der Waals surface area contributed by atoms with Crippen molar-refractivity contribution in [2.45, 2.75) is 89.2 Å². The lowest BCUT2D eigenvalue weighted by atomic mass is 9.68. The number of nitrogens with one attached hydrogen (secondary N) is 1. The van der Waals surface area contributed by atoms with Crippen LogP contribution in [0.15, 0.2) is 29.1 Å². The van der Waals surface area contributed by atoms with E-state index < -0.39 is 0 Å². The Hall–Kier alpha value is -1.98. The highest BCUT2D eigenvalue weighted by molar-refractivity contribution is 5.71. The van der Waals surface area contributed by atoms with Crippen LogP contribution in [0.1, 0.15) is 82.2 Å². The van der Waals surface area contributed by atoms with Gasteiger partial charge in [-0.1, -0.05) is 37.1 Å². The maximum atomic E-state index is 13.5. The SMILES string of the molecule is CC1(C)C[C@@]2(CCCN(Cc3nc4c(c(=O)[nH]3)C3(CCCC3)Cc3ccccc3-4)C2)CCO1. The van der Waals surface area contributed by atoms with Crippen LogP contribution in [0.25, 0.3) is 11.3 Å². The molecule has 0 unspecified atom stereocenters. The smallest absolute Gasteiger partial charge is 0.255 e. The Kier molecular flexibility index (Phi) is 5.08. The quantitative estimate of drug-likeness (QED) is 0.706. The molecule has 5 heteroatoms. The summed E-state index contributed by atoms with van der Waals surface area (Å²) >= 11 is 0. The Labute approximate surface area is 197 Å². The third-order valence-electron chi connectivity index (χ3n) is 8.90. The van der Waals surface area contributed by atoms with Crippen LogP contribution in [-0.4, -0.2) is 40.2 Å². The Bertz CT molecular complexity index is 1110. The van der Waals surface area contributed by atoms with Crippen molar-refractivity contribution in [3.8, 4) is 11.3 Å². The van der Waals surface area contributed by atoms with Crippen molar-refractivity contribution < 1.29 is 4.74 Å². The van der Waals surface area contributed by atoms with Gasteiger partial charge in [0, 0.05) is 24.1 Å². The molecule has 3 heterocycles. The zero-order valence-corrected chi connectivity index (χ0v) is 20.2. The van der Waals surface area contributed by atoms with E-state index in [2.05, 4.69) is 48.0 Å². The van der Waals surface area contributed by atoms with E-state index in [1.54, 1.807) is 0 Å². The molecular formula is C28H37N3O2. The number of aromatic nitrogens is 2. The second kappa shape index (κ2) is 7.78. The van der Waals surface area contributed by atoms with E-state index >= 15 is 0 Å². The standard InChI is InChI=1S/C28H37N3O2/c1-26(2)18-27(13-15-33-26)10-7-14-31(19-27)17-22-29-24-21-9-4-3-8-20(21)16-28(11-5-6-12-28)23(24)25(32)30-22/h3-4,8-9H,5-7,10-19H2,1-2H3,(H,29,30,32)/t27-/m1/s1. The molecular weight excluding hydrogens is 410 g/mol. The first kappa shape index (κ1) is 21.5. The average molecular weight is 448 g/mol. The molecule has 1 saturated carbocycles. The average Bonchev–Trinajstić information content (AvgIpc) is 3.21. The third-order valence-corrected chi connectivity index (χ3v) is 8.90. The zero-order chi connectivity index (χ0) is 22.7. The van der Waals surface area contributed by atoms with Crippen LogP contribution in [-0.2, 0) is 23.1 Å². The largest absolute Gasteiger partial charge is 0.376 e. The number of aromatic amines is 1. The molecule has 6 rings (SSSR count). The van der Waals surface area contributed by atoms with Crippen LogP contribution < -0.4 is 5.56 Å². The molecule has 1 N–H and O–H groups in total. The van der Waals surface area contributed by atoms with Crippen molar-refractivity contribution in [3.05, 3.63) is 51.6 Å². The van der Waals surface area contributed by atoms with Gasteiger partial charge in [-0.3, -0.25) is 9.69 Å². The lowest BCUT2D eigenvalue weighted by molar-refractivity contribution is -0.123. The second-order valence-electron chi connectivity index (χ2n) is 11.9. The molecule has 1 aromatic carbocycles. The van der Waals surface area contributed by atoms with Gasteiger partial charge in [-0.15, -0.1) is 0 Å². The molecule has 176 valence electrons. The molecule has 3 fully saturated rings. The minimum absolute atomic E-state index is 0.0222. The van der Waals surface area contributed by atoms with E-state index in [-0.39, 0.29) is 16.6 Å². The van der Waals surface area contributed by atoms with Crippen molar-refractivity contribution in [1.82, 2.24) is 14.9 Å². The minimum atomic E-state index is -0.0427. The van der Waals surface area contributed by atoms with Gasteiger partial charge in [0.25, 0.3) is 5.56 Å². The zero-order valence-electron chi connectivity index (χ0n) is 20.2. The first-order chi connectivity index (χ1) is 15.9. The highest BCUT2D eigenvalue weighted by atomic mass is 16.5. The van der Waals surface area contributed by atoms with Crippen molar-refractivity contribution in [2.75, 3.05) is 19.7 Å². The fourth-order valence-electron chi connectivity index (χ4n) is 7.71. The summed E-state index contributed by atoms with van der Waals surface area (Å²) in [5, 5.41) is 0. The number of likely N-dealkylation sites (tertiary alicyclic amines) is 1. The van der Waals surface area contributed by atoms with Crippen LogP contribution in [0.3, 0.4) is 0 Å². The first-order valence-electron chi connectivity index (χ1n) is 13.0. The number of rotatable bonds is 2. The van der Waals surface area contributed by atoms with Gasteiger partial charge >= 0.3 is 0 Å². The summed E-state index contributed by atoms with van der Waals surface area (Å²) in [5.41, 5.74) is 4.81. The number of benzene rings is 1. The maximum Gasteiger partial charge on any atom is 0.255 e. The Morgan fingerprint density at radius 1 is 1.09 bits per heavy atom. The highest BCUT2D eigenvalue weighted by Gasteiger charge is 2.45. The number of hydrogen-bond acceptors (Lipinski definition) is 4. The fraction of sp³-hybridized carbons (Fsp3) is 0.643. The van der Waals surface area contributed by atoms with E-state index in [4.69, 9.17) is 9.72 Å². The van der Waals surface area contributed by atoms with Gasteiger partial charge in [0.1, 0.15) is 5.82 Å². The molecule has 1 aromatic heterocycles. The normalized spacial score (nSPS) is 28.1. The highest BCUT2D eigenvalue weighted by Crippen LogP contribution is 2.50. The lowest BCUT2D eigenvalue weighted by Gasteiger charge is -2.50. The van der Waals surface area contributed by atoms with Gasteiger partial charge in [-0.25, -0.2) is 4.98 Å². The van der Waals surface area contributed by atoms with E-state index in [0.717, 1.165) is 75.4 Å². The van der Waals surface area contributed by atoms with E-state index in [1.807, 2.05) is 0 Å². The van der Waals surface area contributed by atoms with Gasteiger partial charge < -0.3 is 9.72 Å². The Morgan fingerprint density at radius 2 is 1.91 bits per heavy atom.